The average Bonchev–Trinajstić information content (AvgIpc) is 2.35. The van der Waals surface area contributed by atoms with Crippen LogP contribution in [0.15, 0.2) is 0 Å². The summed E-state index contributed by atoms with van der Waals surface area (Å²) in [4.78, 5) is 4.96. The maximum absolute atomic E-state index is 6.21. The van der Waals surface area contributed by atoms with E-state index < -0.39 is 0 Å². The zero-order chi connectivity index (χ0) is 14.5. The molecule has 0 aromatic heterocycles. The molecule has 3 nitrogen and oxygen atoms in total. The molecule has 1 saturated carbocycles. The molecule has 0 amide bonds. The van der Waals surface area contributed by atoms with Crippen molar-refractivity contribution >= 4 is 0 Å². The molecule has 1 fully saturated rings. The molecule has 19 heavy (non-hydrogen) atoms. The Kier molecular flexibility index (Phi) is 6.28. The van der Waals surface area contributed by atoms with Crippen molar-refractivity contribution in [3.8, 4) is 0 Å². The highest BCUT2D eigenvalue weighted by atomic mass is 15.2. The van der Waals surface area contributed by atoms with Gasteiger partial charge < -0.3 is 10.6 Å². The van der Waals surface area contributed by atoms with Crippen LogP contribution in [0.4, 0.5) is 0 Å². The van der Waals surface area contributed by atoms with Gasteiger partial charge in [0.05, 0.1) is 0 Å². The fraction of sp³-hybridized carbons (Fsp3) is 1.00. The van der Waals surface area contributed by atoms with E-state index in [-0.39, 0.29) is 5.54 Å². The molecule has 0 aliphatic heterocycles. The highest BCUT2D eigenvalue weighted by Crippen LogP contribution is 2.42. The first kappa shape index (κ1) is 16.9. The molecule has 114 valence electrons. The van der Waals surface area contributed by atoms with Crippen molar-refractivity contribution in [3.63, 3.8) is 0 Å². The van der Waals surface area contributed by atoms with Crippen LogP contribution in [-0.4, -0.2) is 55.6 Å². The predicted octanol–water partition coefficient (Wildman–Crippen LogP) is 2.56. The number of hydrogen-bond acceptors (Lipinski definition) is 3. The first-order chi connectivity index (χ1) is 8.85. The van der Waals surface area contributed by atoms with Crippen LogP contribution < -0.4 is 5.73 Å². The second kappa shape index (κ2) is 7.05. The summed E-state index contributed by atoms with van der Waals surface area (Å²) in [5, 5.41) is 0. The van der Waals surface area contributed by atoms with Gasteiger partial charge >= 0.3 is 0 Å². The van der Waals surface area contributed by atoms with Crippen LogP contribution in [0, 0.1) is 5.41 Å². The van der Waals surface area contributed by atoms with Crippen molar-refractivity contribution < 1.29 is 0 Å². The topological polar surface area (TPSA) is 32.5 Å². The normalized spacial score (nSPS) is 22.1. The van der Waals surface area contributed by atoms with E-state index >= 15 is 0 Å². The summed E-state index contributed by atoms with van der Waals surface area (Å²) in [6, 6.07) is 0. The maximum Gasteiger partial charge on any atom is 0.0332 e. The van der Waals surface area contributed by atoms with Crippen LogP contribution in [0.3, 0.4) is 0 Å². The highest BCUT2D eigenvalue weighted by Gasteiger charge is 2.41. The fourth-order valence-electron chi connectivity index (χ4n) is 3.22. The maximum atomic E-state index is 6.21. The lowest BCUT2D eigenvalue weighted by atomic mass is 9.68. The van der Waals surface area contributed by atoms with Gasteiger partial charge in [0, 0.05) is 25.2 Å². The molecule has 2 N–H and O–H groups in total. The Morgan fingerprint density at radius 2 is 1.53 bits per heavy atom. The summed E-state index contributed by atoms with van der Waals surface area (Å²) in [6.07, 6.45) is 6.38. The van der Waals surface area contributed by atoms with Gasteiger partial charge in [0.2, 0.25) is 0 Å². The van der Waals surface area contributed by atoms with E-state index in [9.17, 15) is 0 Å². The quantitative estimate of drug-likeness (QED) is 0.771. The molecular formula is C16H35N3. The van der Waals surface area contributed by atoms with Crippen molar-refractivity contribution in [3.05, 3.63) is 0 Å². The average molecular weight is 269 g/mol. The minimum Gasteiger partial charge on any atom is -0.329 e. The Balaban J connectivity index is 2.72. The number of nitrogens with two attached hydrogens (primary N) is 1. The first-order valence-corrected chi connectivity index (χ1v) is 7.95. The van der Waals surface area contributed by atoms with Crippen LogP contribution >= 0.6 is 0 Å². The van der Waals surface area contributed by atoms with Crippen molar-refractivity contribution in [1.29, 1.82) is 0 Å². The van der Waals surface area contributed by atoms with Crippen LogP contribution in [0.5, 0.6) is 0 Å². The molecule has 1 aliphatic carbocycles. The van der Waals surface area contributed by atoms with E-state index in [1.165, 1.54) is 38.6 Å². The molecule has 0 aromatic rings. The number of hydrogen-bond donors (Lipinski definition) is 1. The summed E-state index contributed by atoms with van der Waals surface area (Å²) < 4.78 is 0. The zero-order valence-electron chi connectivity index (χ0n) is 13.8. The number of nitrogens with zero attached hydrogens (tertiary/aromatic N) is 2. The summed E-state index contributed by atoms with van der Waals surface area (Å²) in [5.74, 6) is 0. The van der Waals surface area contributed by atoms with E-state index in [2.05, 4.69) is 44.7 Å². The molecule has 1 rings (SSSR count). The highest BCUT2D eigenvalue weighted by molar-refractivity contribution is 4.98. The van der Waals surface area contributed by atoms with Gasteiger partial charge in [-0.3, -0.25) is 4.90 Å². The molecule has 0 saturated heterocycles. The second-order valence-electron chi connectivity index (χ2n) is 7.38. The lowest BCUT2D eigenvalue weighted by molar-refractivity contribution is 0.0191. The molecule has 0 heterocycles. The van der Waals surface area contributed by atoms with Crippen LogP contribution in [0.2, 0.25) is 0 Å². The van der Waals surface area contributed by atoms with Crippen molar-refractivity contribution in [2.75, 3.05) is 40.3 Å². The van der Waals surface area contributed by atoms with Crippen molar-refractivity contribution in [2.45, 2.75) is 58.4 Å². The Hall–Kier alpha value is -0.120. The van der Waals surface area contributed by atoms with Crippen LogP contribution in [-0.2, 0) is 0 Å². The molecule has 0 radical (unpaired) electrons. The van der Waals surface area contributed by atoms with Crippen LogP contribution in [0.1, 0.15) is 52.9 Å². The van der Waals surface area contributed by atoms with Crippen molar-refractivity contribution in [1.82, 2.24) is 9.80 Å². The van der Waals surface area contributed by atoms with Gasteiger partial charge in [0.25, 0.3) is 0 Å². The zero-order valence-corrected chi connectivity index (χ0v) is 13.8. The van der Waals surface area contributed by atoms with E-state index in [0.717, 1.165) is 19.6 Å². The van der Waals surface area contributed by atoms with E-state index in [4.69, 9.17) is 5.73 Å². The van der Waals surface area contributed by atoms with Gasteiger partial charge in [-0.2, -0.15) is 0 Å². The number of likely N-dealkylation sites (N-methyl/N-ethyl adjacent to an activating group) is 1. The SMILES string of the molecule is CCCN(CCN(C)C)C1(CN)CCC(C)(C)CC1. The van der Waals surface area contributed by atoms with Gasteiger partial charge in [0.1, 0.15) is 0 Å². The Bertz CT molecular complexity index is 251. The van der Waals surface area contributed by atoms with Crippen LogP contribution in [0.25, 0.3) is 0 Å². The molecule has 0 unspecified atom stereocenters. The molecule has 3 heteroatoms. The third-order valence-electron chi connectivity index (χ3n) is 4.90. The third-order valence-corrected chi connectivity index (χ3v) is 4.90. The second-order valence-corrected chi connectivity index (χ2v) is 7.38. The van der Waals surface area contributed by atoms with E-state index in [0.29, 0.717) is 5.41 Å². The van der Waals surface area contributed by atoms with Gasteiger partial charge in [-0.05, 0) is 58.2 Å². The Morgan fingerprint density at radius 1 is 0.947 bits per heavy atom. The summed E-state index contributed by atoms with van der Waals surface area (Å²) in [6.45, 7) is 11.4. The van der Waals surface area contributed by atoms with Gasteiger partial charge in [-0.25, -0.2) is 0 Å². The predicted molar refractivity (Wildman–Crippen MR) is 84.5 cm³/mol. The lowest BCUT2D eigenvalue weighted by Gasteiger charge is -2.50. The lowest BCUT2D eigenvalue weighted by Crippen LogP contribution is -2.58. The number of rotatable bonds is 7. The Morgan fingerprint density at radius 3 is 1.95 bits per heavy atom. The van der Waals surface area contributed by atoms with E-state index in [1.54, 1.807) is 0 Å². The van der Waals surface area contributed by atoms with E-state index in [1.807, 2.05) is 0 Å². The summed E-state index contributed by atoms with van der Waals surface area (Å²) >= 11 is 0. The Labute approximate surface area is 120 Å². The largest absolute Gasteiger partial charge is 0.329 e. The van der Waals surface area contributed by atoms with Crippen molar-refractivity contribution in [2.24, 2.45) is 11.1 Å². The molecule has 0 bridgehead atoms. The minimum atomic E-state index is 0.265. The third kappa shape index (κ3) is 4.73. The first-order valence-electron chi connectivity index (χ1n) is 7.95. The summed E-state index contributed by atoms with van der Waals surface area (Å²) in [5.41, 5.74) is 6.99. The molecule has 0 spiro atoms. The fourth-order valence-corrected chi connectivity index (χ4v) is 3.22. The summed E-state index contributed by atoms with van der Waals surface area (Å²) in [7, 11) is 4.31. The monoisotopic (exact) mass is 269 g/mol. The molecule has 0 atom stereocenters. The molecular weight excluding hydrogens is 234 g/mol. The standard InChI is InChI=1S/C16H35N3/c1-6-11-19(13-12-18(4)5)16(14-17)9-7-15(2,3)8-10-16/h6-14,17H2,1-5H3. The van der Waals surface area contributed by atoms with Gasteiger partial charge in [-0.1, -0.05) is 20.8 Å². The van der Waals surface area contributed by atoms with Gasteiger partial charge in [0.15, 0.2) is 0 Å². The molecule has 0 aromatic carbocycles. The molecule has 1 aliphatic rings. The van der Waals surface area contributed by atoms with Gasteiger partial charge in [-0.15, -0.1) is 0 Å². The smallest absolute Gasteiger partial charge is 0.0332 e. The minimum absolute atomic E-state index is 0.265.